The lowest BCUT2D eigenvalue weighted by molar-refractivity contribution is 0.204. The van der Waals surface area contributed by atoms with E-state index in [1.807, 2.05) is 24.5 Å². The molecule has 5 heteroatoms. The molecule has 19 heavy (non-hydrogen) atoms. The zero-order valence-corrected chi connectivity index (χ0v) is 13.0. The van der Waals surface area contributed by atoms with E-state index < -0.39 is 0 Å². The molecule has 0 spiro atoms. The van der Waals surface area contributed by atoms with E-state index in [9.17, 15) is 0 Å². The summed E-state index contributed by atoms with van der Waals surface area (Å²) in [5.41, 5.74) is 2.93. The molecule has 2 heterocycles. The summed E-state index contributed by atoms with van der Waals surface area (Å²) in [6, 6.07) is 4.38. The molecule has 0 aliphatic carbocycles. The molecule has 0 saturated carbocycles. The molecule has 0 unspecified atom stereocenters. The molecule has 0 N–H and O–H groups in total. The molecule has 0 radical (unpaired) electrons. The highest BCUT2D eigenvalue weighted by Gasteiger charge is 2.14. The Hall–Kier alpha value is -1.20. The maximum Gasteiger partial charge on any atom is 0.112 e. The highest BCUT2D eigenvalue weighted by atomic mass is 79.9. The van der Waals surface area contributed by atoms with Crippen LogP contribution in [-0.2, 0) is 4.74 Å². The lowest BCUT2D eigenvalue weighted by Crippen LogP contribution is -2.34. The van der Waals surface area contributed by atoms with Crippen molar-refractivity contribution in [1.82, 2.24) is 9.97 Å². The van der Waals surface area contributed by atoms with Crippen LogP contribution in [0.4, 0.5) is 5.69 Å². The summed E-state index contributed by atoms with van der Waals surface area (Å²) in [6.45, 7) is 5.87. The van der Waals surface area contributed by atoms with Crippen LogP contribution in [0.3, 0.4) is 0 Å². The average molecular weight is 324 g/mol. The highest BCUT2D eigenvalue weighted by Crippen LogP contribution is 2.26. The van der Waals surface area contributed by atoms with Gasteiger partial charge in [-0.3, -0.25) is 9.97 Å². The molecule has 2 aromatic rings. The number of hydrogen-bond acceptors (Lipinski definition) is 4. The Balaban J connectivity index is 2.47. The van der Waals surface area contributed by atoms with Gasteiger partial charge in [0.25, 0.3) is 0 Å². The van der Waals surface area contributed by atoms with E-state index in [4.69, 9.17) is 4.74 Å². The van der Waals surface area contributed by atoms with E-state index in [2.05, 4.69) is 44.6 Å². The lowest BCUT2D eigenvalue weighted by atomic mass is 10.2. The maximum absolute atomic E-state index is 5.19. The Morgan fingerprint density at radius 2 is 2.16 bits per heavy atom. The summed E-state index contributed by atoms with van der Waals surface area (Å²) in [5, 5.41) is 0. The monoisotopic (exact) mass is 323 g/mol. The summed E-state index contributed by atoms with van der Waals surface area (Å²) in [6.07, 6.45) is 3.64. The third-order valence-corrected chi connectivity index (χ3v) is 3.43. The van der Waals surface area contributed by atoms with E-state index in [1.165, 1.54) is 0 Å². The number of nitrogens with zero attached hydrogens (tertiary/aromatic N) is 3. The van der Waals surface area contributed by atoms with Crippen LogP contribution in [0.5, 0.6) is 0 Å². The Morgan fingerprint density at radius 1 is 1.37 bits per heavy atom. The summed E-state index contributed by atoms with van der Waals surface area (Å²) in [5.74, 6) is 0. The lowest BCUT2D eigenvalue weighted by Gasteiger charge is -2.29. The predicted molar refractivity (Wildman–Crippen MR) is 81.6 cm³/mol. The van der Waals surface area contributed by atoms with Gasteiger partial charge in [0.1, 0.15) is 5.52 Å². The van der Waals surface area contributed by atoms with Gasteiger partial charge in [0.15, 0.2) is 0 Å². The molecule has 4 nitrogen and oxygen atoms in total. The molecule has 0 bridgehead atoms. The third-order valence-electron chi connectivity index (χ3n) is 2.99. The van der Waals surface area contributed by atoms with Gasteiger partial charge < -0.3 is 9.64 Å². The predicted octanol–water partition coefficient (Wildman–Crippen LogP) is 3.25. The zero-order valence-electron chi connectivity index (χ0n) is 11.4. The van der Waals surface area contributed by atoms with Crippen molar-refractivity contribution in [2.24, 2.45) is 0 Å². The summed E-state index contributed by atoms with van der Waals surface area (Å²) in [4.78, 5) is 11.2. The van der Waals surface area contributed by atoms with Gasteiger partial charge in [0.2, 0.25) is 0 Å². The SMILES string of the molecule is COCCN(c1ccnc2cc(Br)cnc12)C(C)C. The van der Waals surface area contributed by atoms with Crippen LogP contribution in [0.15, 0.2) is 29.0 Å². The van der Waals surface area contributed by atoms with Crippen molar-refractivity contribution in [2.75, 3.05) is 25.2 Å². The number of hydrogen-bond donors (Lipinski definition) is 0. The van der Waals surface area contributed by atoms with E-state index in [1.54, 1.807) is 7.11 Å². The van der Waals surface area contributed by atoms with Gasteiger partial charge in [0.05, 0.1) is 17.8 Å². The fraction of sp³-hybridized carbons (Fsp3) is 0.429. The largest absolute Gasteiger partial charge is 0.383 e. The minimum absolute atomic E-state index is 0.381. The van der Waals surface area contributed by atoms with Gasteiger partial charge in [-0.1, -0.05) is 0 Å². The molecule has 102 valence electrons. The minimum atomic E-state index is 0.381. The van der Waals surface area contributed by atoms with Gasteiger partial charge in [-0.05, 0) is 41.9 Å². The third kappa shape index (κ3) is 3.22. The van der Waals surface area contributed by atoms with E-state index in [-0.39, 0.29) is 0 Å². The van der Waals surface area contributed by atoms with Crippen molar-refractivity contribution >= 4 is 32.7 Å². The van der Waals surface area contributed by atoms with Gasteiger partial charge in [-0.2, -0.15) is 0 Å². The van der Waals surface area contributed by atoms with Crippen molar-refractivity contribution in [3.05, 3.63) is 29.0 Å². The van der Waals surface area contributed by atoms with Gasteiger partial charge in [-0.15, -0.1) is 0 Å². The van der Waals surface area contributed by atoms with Crippen molar-refractivity contribution in [3.8, 4) is 0 Å². The van der Waals surface area contributed by atoms with Crippen LogP contribution in [0.2, 0.25) is 0 Å². The molecule has 0 atom stereocenters. The van der Waals surface area contributed by atoms with Crippen molar-refractivity contribution in [2.45, 2.75) is 19.9 Å². The summed E-state index contributed by atoms with van der Waals surface area (Å²) >= 11 is 3.43. The molecule has 2 rings (SSSR count). The first-order chi connectivity index (χ1) is 9.13. The summed E-state index contributed by atoms with van der Waals surface area (Å²) in [7, 11) is 1.72. The van der Waals surface area contributed by atoms with Gasteiger partial charge in [-0.25, -0.2) is 0 Å². The van der Waals surface area contributed by atoms with Crippen LogP contribution in [-0.4, -0.2) is 36.3 Å². The van der Waals surface area contributed by atoms with Crippen LogP contribution in [0.25, 0.3) is 11.0 Å². The van der Waals surface area contributed by atoms with Crippen LogP contribution in [0, 0.1) is 0 Å². The van der Waals surface area contributed by atoms with Crippen molar-refractivity contribution in [1.29, 1.82) is 0 Å². The number of anilines is 1. The van der Waals surface area contributed by atoms with Crippen LogP contribution in [0.1, 0.15) is 13.8 Å². The molecular weight excluding hydrogens is 306 g/mol. The number of halogens is 1. The number of methoxy groups -OCH3 is 1. The normalized spacial score (nSPS) is 11.2. The van der Waals surface area contributed by atoms with Crippen LogP contribution >= 0.6 is 15.9 Å². The number of aromatic nitrogens is 2. The quantitative estimate of drug-likeness (QED) is 0.846. The molecule has 0 fully saturated rings. The van der Waals surface area contributed by atoms with Crippen molar-refractivity contribution in [3.63, 3.8) is 0 Å². The first kappa shape index (κ1) is 14.2. The Kier molecular flexibility index (Phi) is 4.71. The first-order valence-electron chi connectivity index (χ1n) is 6.29. The molecule has 0 saturated heterocycles. The fourth-order valence-electron chi connectivity index (χ4n) is 2.07. The second kappa shape index (κ2) is 6.30. The summed E-state index contributed by atoms with van der Waals surface area (Å²) < 4.78 is 6.13. The van der Waals surface area contributed by atoms with E-state index in [0.29, 0.717) is 12.6 Å². The van der Waals surface area contributed by atoms with Gasteiger partial charge in [0, 0.05) is 36.6 Å². The topological polar surface area (TPSA) is 38.2 Å². The molecule has 2 aromatic heterocycles. The number of rotatable bonds is 5. The number of pyridine rings is 2. The number of fused-ring (bicyclic) bond motifs is 1. The molecule has 0 aliphatic rings. The maximum atomic E-state index is 5.19. The second-order valence-corrected chi connectivity index (χ2v) is 5.55. The Bertz CT molecular complexity index is 559. The zero-order chi connectivity index (χ0) is 13.8. The van der Waals surface area contributed by atoms with E-state index in [0.717, 1.165) is 27.7 Å². The first-order valence-corrected chi connectivity index (χ1v) is 7.08. The average Bonchev–Trinajstić information content (AvgIpc) is 2.38. The standard InChI is InChI=1S/C14H18BrN3O/c1-10(2)18(6-7-19-3)13-4-5-16-12-8-11(15)9-17-14(12)13/h4-5,8-10H,6-7H2,1-3H3. The molecular formula is C14H18BrN3O. The molecule has 0 amide bonds. The number of ether oxygens (including phenoxy) is 1. The Labute approximate surface area is 121 Å². The second-order valence-electron chi connectivity index (χ2n) is 4.63. The molecule has 0 aromatic carbocycles. The van der Waals surface area contributed by atoms with Gasteiger partial charge >= 0.3 is 0 Å². The highest BCUT2D eigenvalue weighted by molar-refractivity contribution is 9.10. The Morgan fingerprint density at radius 3 is 2.84 bits per heavy atom. The van der Waals surface area contributed by atoms with Crippen molar-refractivity contribution < 1.29 is 4.74 Å². The van der Waals surface area contributed by atoms with Crippen LogP contribution < -0.4 is 4.90 Å². The minimum Gasteiger partial charge on any atom is -0.383 e. The molecule has 0 aliphatic heterocycles. The smallest absolute Gasteiger partial charge is 0.112 e. The fourth-order valence-corrected chi connectivity index (χ4v) is 2.39. The van der Waals surface area contributed by atoms with E-state index >= 15 is 0 Å².